The van der Waals surface area contributed by atoms with E-state index in [-0.39, 0.29) is 5.91 Å². The molecule has 1 saturated heterocycles. The average molecular weight is 346 g/mol. The van der Waals surface area contributed by atoms with E-state index in [1.54, 1.807) is 17.0 Å². The summed E-state index contributed by atoms with van der Waals surface area (Å²) in [5.41, 5.74) is 0.635. The standard InChI is InChI=1S/C14H18BrClN2O/c1-18(9-10-2-4-17-5-3-10)14(19)11-6-12(15)8-13(16)7-11/h6-8,10,17H,2-5,9H2,1H3. The maximum Gasteiger partial charge on any atom is 0.253 e. The van der Waals surface area contributed by atoms with Crippen LogP contribution in [-0.4, -0.2) is 37.5 Å². The minimum absolute atomic E-state index is 0.0294. The molecule has 1 aromatic carbocycles. The monoisotopic (exact) mass is 344 g/mol. The van der Waals surface area contributed by atoms with Crippen molar-refractivity contribution in [2.75, 3.05) is 26.7 Å². The van der Waals surface area contributed by atoms with Crippen LogP contribution in [0.4, 0.5) is 0 Å². The first-order valence-corrected chi connectivity index (χ1v) is 7.65. The van der Waals surface area contributed by atoms with Crippen molar-refractivity contribution in [2.24, 2.45) is 5.92 Å². The molecular weight excluding hydrogens is 328 g/mol. The van der Waals surface area contributed by atoms with Gasteiger partial charge in [-0.1, -0.05) is 27.5 Å². The van der Waals surface area contributed by atoms with Crippen LogP contribution in [0.5, 0.6) is 0 Å². The van der Waals surface area contributed by atoms with Crippen LogP contribution < -0.4 is 5.32 Å². The molecule has 0 aliphatic carbocycles. The second-order valence-electron chi connectivity index (χ2n) is 5.04. The number of carbonyl (C=O) groups is 1. The fourth-order valence-electron chi connectivity index (χ4n) is 2.43. The summed E-state index contributed by atoms with van der Waals surface area (Å²) < 4.78 is 0.832. The van der Waals surface area contributed by atoms with Crippen LogP contribution >= 0.6 is 27.5 Å². The second-order valence-corrected chi connectivity index (χ2v) is 6.39. The van der Waals surface area contributed by atoms with Gasteiger partial charge in [0.25, 0.3) is 5.91 Å². The van der Waals surface area contributed by atoms with Crippen LogP contribution in [0.2, 0.25) is 5.02 Å². The Morgan fingerprint density at radius 3 is 2.74 bits per heavy atom. The van der Waals surface area contributed by atoms with Gasteiger partial charge < -0.3 is 10.2 Å². The summed E-state index contributed by atoms with van der Waals surface area (Å²) in [6, 6.07) is 5.31. The summed E-state index contributed by atoms with van der Waals surface area (Å²) in [6.45, 7) is 2.91. The Kier molecular flexibility index (Phi) is 5.25. The number of carbonyl (C=O) groups excluding carboxylic acids is 1. The summed E-state index contributed by atoms with van der Waals surface area (Å²) in [5, 5.41) is 3.91. The summed E-state index contributed by atoms with van der Waals surface area (Å²) in [4.78, 5) is 14.2. The molecule has 1 fully saturated rings. The first-order chi connectivity index (χ1) is 9.06. The van der Waals surface area contributed by atoms with Gasteiger partial charge in [-0.2, -0.15) is 0 Å². The lowest BCUT2D eigenvalue weighted by Crippen LogP contribution is -2.37. The van der Waals surface area contributed by atoms with Crippen LogP contribution in [0.3, 0.4) is 0 Å². The fourth-order valence-corrected chi connectivity index (χ4v) is 3.29. The molecule has 0 aromatic heterocycles. The molecule has 1 aromatic rings. The highest BCUT2D eigenvalue weighted by Gasteiger charge is 2.19. The number of benzene rings is 1. The van der Waals surface area contributed by atoms with Gasteiger partial charge in [-0.3, -0.25) is 4.79 Å². The minimum Gasteiger partial charge on any atom is -0.341 e. The van der Waals surface area contributed by atoms with Gasteiger partial charge in [-0.05, 0) is 50.0 Å². The Bertz CT molecular complexity index is 441. The third-order valence-electron chi connectivity index (χ3n) is 3.45. The summed E-state index contributed by atoms with van der Waals surface area (Å²) in [5.74, 6) is 0.625. The number of halogens is 2. The lowest BCUT2D eigenvalue weighted by atomic mass is 9.97. The molecule has 1 heterocycles. The average Bonchev–Trinajstić information content (AvgIpc) is 2.37. The number of piperidine rings is 1. The van der Waals surface area contributed by atoms with E-state index in [1.807, 2.05) is 13.1 Å². The van der Waals surface area contributed by atoms with E-state index in [2.05, 4.69) is 21.2 Å². The van der Waals surface area contributed by atoms with Crippen LogP contribution in [0.25, 0.3) is 0 Å². The molecule has 0 saturated carbocycles. The predicted molar refractivity (Wildman–Crippen MR) is 81.7 cm³/mol. The summed E-state index contributed by atoms with van der Waals surface area (Å²) in [6.07, 6.45) is 2.27. The SMILES string of the molecule is CN(CC1CCNCC1)C(=O)c1cc(Cl)cc(Br)c1. The van der Waals surface area contributed by atoms with Crippen molar-refractivity contribution in [3.63, 3.8) is 0 Å². The molecule has 0 atom stereocenters. The first-order valence-electron chi connectivity index (χ1n) is 6.48. The number of nitrogens with zero attached hydrogens (tertiary/aromatic N) is 1. The molecule has 0 unspecified atom stereocenters. The molecule has 0 spiro atoms. The van der Waals surface area contributed by atoms with E-state index < -0.39 is 0 Å². The van der Waals surface area contributed by atoms with Gasteiger partial charge in [0, 0.05) is 28.7 Å². The molecule has 0 bridgehead atoms. The topological polar surface area (TPSA) is 32.3 Å². The predicted octanol–water partition coefficient (Wildman–Crippen LogP) is 3.17. The van der Waals surface area contributed by atoms with Crippen molar-refractivity contribution >= 4 is 33.4 Å². The fraction of sp³-hybridized carbons (Fsp3) is 0.500. The molecule has 1 aliphatic heterocycles. The Morgan fingerprint density at radius 2 is 2.11 bits per heavy atom. The van der Waals surface area contributed by atoms with Crippen molar-refractivity contribution in [1.82, 2.24) is 10.2 Å². The van der Waals surface area contributed by atoms with Crippen molar-refractivity contribution < 1.29 is 4.79 Å². The number of hydrogen-bond donors (Lipinski definition) is 1. The second kappa shape index (κ2) is 6.73. The normalized spacial score (nSPS) is 16.4. The van der Waals surface area contributed by atoms with Gasteiger partial charge in [0.2, 0.25) is 0 Å². The Morgan fingerprint density at radius 1 is 1.42 bits per heavy atom. The summed E-state index contributed by atoms with van der Waals surface area (Å²) >= 11 is 9.35. The molecule has 0 radical (unpaired) electrons. The van der Waals surface area contributed by atoms with E-state index in [9.17, 15) is 4.79 Å². The molecule has 5 heteroatoms. The highest BCUT2D eigenvalue weighted by atomic mass is 79.9. The molecular formula is C14H18BrClN2O. The van der Waals surface area contributed by atoms with Crippen molar-refractivity contribution in [3.05, 3.63) is 33.3 Å². The Labute approximate surface area is 127 Å². The van der Waals surface area contributed by atoms with Crippen molar-refractivity contribution in [3.8, 4) is 0 Å². The molecule has 1 aliphatic rings. The molecule has 19 heavy (non-hydrogen) atoms. The van der Waals surface area contributed by atoms with Gasteiger partial charge >= 0.3 is 0 Å². The van der Waals surface area contributed by atoms with E-state index in [4.69, 9.17) is 11.6 Å². The smallest absolute Gasteiger partial charge is 0.253 e. The van der Waals surface area contributed by atoms with Crippen molar-refractivity contribution in [1.29, 1.82) is 0 Å². The van der Waals surface area contributed by atoms with Crippen LogP contribution in [0, 0.1) is 5.92 Å². The maximum absolute atomic E-state index is 12.4. The number of amides is 1. The molecule has 1 amide bonds. The summed E-state index contributed by atoms with van der Waals surface area (Å²) in [7, 11) is 1.86. The third kappa shape index (κ3) is 4.20. The molecule has 3 nitrogen and oxygen atoms in total. The first kappa shape index (κ1) is 14.8. The largest absolute Gasteiger partial charge is 0.341 e. The number of nitrogens with one attached hydrogen (secondary N) is 1. The molecule has 104 valence electrons. The van der Waals surface area contributed by atoms with E-state index >= 15 is 0 Å². The van der Waals surface area contributed by atoms with Gasteiger partial charge in [-0.15, -0.1) is 0 Å². The van der Waals surface area contributed by atoms with Crippen LogP contribution in [-0.2, 0) is 0 Å². The van der Waals surface area contributed by atoms with Gasteiger partial charge in [0.15, 0.2) is 0 Å². The molecule has 2 rings (SSSR count). The van der Waals surface area contributed by atoms with Gasteiger partial charge in [0.1, 0.15) is 0 Å². The van der Waals surface area contributed by atoms with Crippen molar-refractivity contribution in [2.45, 2.75) is 12.8 Å². The Hall–Kier alpha value is -0.580. The zero-order valence-corrected chi connectivity index (χ0v) is 13.3. The highest BCUT2D eigenvalue weighted by Crippen LogP contribution is 2.21. The lowest BCUT2D eigenvalue weighted by Gasteiger charge is -2.27. The van der Waals surface area contributed by atoms with E-state index in [0.717, 1.165) is 36.9 Å². The Balaban J connectivity index is 2.01. The lowest BCUT2D eigenvalue weighted by molar-refractivity contribution is 0.0762. The zero-order valence-electron chi connectivity index (χ0n) is 11.0. The number of rotatable bonds is 3. The van der Waals surface area contributed by atoms with Gasteiger partial charge in [0.05, 0.1) is 0 Å². The zero-order chi connectivity index (χ0) is 13.8. The maximum atomic E-state index is 12.4. The molecule has 1 N–H and O–H groups in total. The van der Waals surface area contributed by atoms with Gasteiger partial charge in [-0.25, -0.2) is 0 Å². The quantitative estimate of drug-likeness (QED) is 0.912. The number of hydrogen-bond acceptors (Lipinski definition) is 2. The van der Waals surface area contributed by atoms with Crippen LogP contribution in [0.1, 0.15) is 23.2 Å². The third-order valence-corrected chi connectivity index (χ3v) is 4.12. The van der Waals surface area contributed by atoms with E-state index in [0.29, 0.717) is 16.5 Å². The van der Waals surface area contributed by atoms with Crippen LogP contribution in [0.15, 0.2) is 22.7 Å². The minimum atomic E-state index is 0.0294. The highest BCUT2D eigenvalue weighted by molar-refractivity contribution is 9.10. The van der Waals surface area contributed by atoms with E-state index in [1.165, 1.54) is 0 Å².